The molecule has 0 radical (unpaired) electrons. The van der Waals surface area contributed by atoms with Crippen molar-refractivity contribution in [3.63, 3.8) is 0 Å². The van der Waals surface area contributed by atoms with E-state index in [1.165, 1.54) is 29.9 Å². The molecule has 1 amide bonds. The molecule has 1 aromatic heterocycles. The molecule has 0 unspecified atom stereocenters. The molecule has 0 spiro atoms. The Hall–Kier alpha value is -2.98. The van der Waals surface area contributed by atoms with E-state index in [9.17, 15) is 19.7 Å². The molecule has 0 fully saturated rings. The Bertz CT molecular complexity index is 1180. The number of rotatable bonds is 6. The average Bonchev–Trinajstić information content (AvgIpc) is 3.04. The maximum Gasteiger partial charge on any atom is 0.325 e. The highest BCUT2D eigenvalue weighted by Gasteiger charge is 2.15. The SMILES string of the molecule is COC(=O)Cn1c(=NC(=O)c2ccc(SC(C)C)cc2)sc2cc([N+](=O)[O-])ccc21. The molecule has 0 aliphatic rings. The van der Waals surface area contributed by atoms with E-state index in [1.807, 2.05) is 12.1 Å². The summed E-state index contributed by atoms with van der Waals surface area (Å²) in [5.41, 5.74) is 0.896. The molecule has 10 heteroatoms. The highest BCUT2D eigenvalue weighted by molar-refractivity contribution is 7.99. The first kappa shape index (κ1) is 21.7. The standard InChI is InChI=1S/C20H19N3O5S2/c1-12(2)29-15-7-4-13(5-8-15)19(25)21-20-22(11-18(24)28-3)16-9-6-14(23(26)27)10-17(16)30-20/h4-10,12H,11H2,1-3H3. The molecule has 3 aromatic rings. The van der Waals surface area contributed by atoms with Crippen LogP contribution in [0.3, 0.4) is 0 Å². The number of esters is 1. The van der Waals surface area contributed by atoms with Crippen molar-refractivity contribution in [2.45, 2.75) is 30.5 Å². The molecule has 0 saturated carbocycles. The van der Waals surface area contributed by atoms with Gasteiger partial charge in [-0.05, 0) is 30.3 Å². The second-order valence-electron chi connectivity index (χ2n) is 6.56. The summed E-state index contributed by atoms with van der Waals surface area (Å²) in [6.07, 6.45) is 0. The van der Waals surface area contributed by atoms with E-state index in [-0.39, 0.29) is 17.0 Å². The maximum absolute atomic E-state index is 12.7. The number of benzene rings is 2. The predicted octanol–water partition coefficient (Wildman–Crippen LogP) is 4.03. The summed E-state index contributed by atoms with van der Waals surface area (Å²) >= 11 is 2.79. The van der Waals surface area contributed by atoms with Crippen LogP contribution in [-0.2, 0) is 16.1 Å². The monoisotopic (exact) mass is 445 g/mol. The summed E-state index contributed by atoms with van der Waals surface area (Å²) < 4.78 is 6.80. The first-order valence-electron chi connectivity index (χ1n) is 8.99. The number of thiazole rings is 1. The number of aromatic nitrogens is 1. The lowest BCUT2D eigenvalue weighted by Gasteiger charge is -2.05. The van der Waals surface area contributed by atoms with E-state index in [1.54, 1.807) is 23.9 Å². The van der Waals surface area contributed by atoms with Crippen molar-refractivity contribution >= 4 is 50.9 Å². The predicted molar refractivity (Wildman–Crippen MR) is 116 cm³/mol. The maximum atomic E-state index is 12.7. The van der Waals surface area contributed by atoms with E-state index in [0.717, 1.165) is 16.2 Å². The molecule has 8 nitrogen and oxygen atoms in total. The van der Waals surface area contributed by atoms with Crippen LogP contribution >= 0.6 is 23.1 Å². The van der Waals surface area contributed by atoms with E-state index in [2.05, 4.69) is 18.8 Å². The molecule has 156 valence electrons. The number of carbonyl (C=O) groups is 2. The number of non-ortho nitro benzene ring substituents is 1. The normalized spacial score (nSPS) is 11.8. The first-order valence-corrected chi connectivity index (χ1v) is 10.7. The van der Waals surface area contributed by atoms with Crippen molar-refractivity contribution in [2.75, 3.05) is 7.11 Å². The van der Waals surface area contributed by atoms with Gasteiger partial charge in [0.1, 0.15) is 6.54 Å². The lowest BCUT2D eigenvalue weighted by Crippen LogP contribution is -2.22. The summed E-state index contributed by atoms with van der Waals surface area (Å²) in [6.45, 7) is 4.01. The summed E-state index contributed by atoms with van der Waals surface area (Å²) in [5, 5.41) is 11.5. The van der Waals surface area contributed by atoms with Gasteiger partial charge in [0.25, 0.3) is 11.6 Å². The third-order valence-electron chi connectivity index (χ3n) is 4.06. The van der Waals surface area contributed by atoms with Gasteiger partial charge in [0.2, 0.25) is 0 Å². The molecule has 0 bridgehead atoms. The second-order valence-corrected chi connectivity index (χ2v) is 9.22. The Morgan fingerprint density at radius 1 is 1.23 bits per heavy atom. The number of carbonyl (C=O) groups excluding carboxylic acids is 2. The lowest BCUT2D eigenvalue weighted by molar-refractivity contribution is -0.384. The lowest BCUT2D eigenvalue weighted by atomic mass is 10.2. The number of nitro benzene ring substituents is 1. The van der Waals surface area contributed by atoms with Crippen molar-refractivity contribution < 1.29 is 19.2 Å². The fraction of sp³-hybridized carbons (Fsp3) is 0.250. The van der Waals surface area contributed by atoms with Gasteiger partial charge in [0, 0.05) is 27.8 Å². The van der Waals surface area contributed by atoms with Crippen LogP contribution < -0.4 is 4.80 Å². The van der Waals surface area contributed by atoms with Gasteiger partial charge >= 0.3 is 5.97 Å². The number of amides is 1. The summed E-state index contributed by atoms with van der Waals surface area (Å²) in [6, 6.07) is 11.4. The molecule has 0 aliphatic carbocycles. The second kappa shape index (κ2) is 9.23. The van der Waals surface area contributed by atoms with Gasteiger partial charge in [0.15, 0.2) is 4.80 Å². The Morgan fingerprint density at radius 2 is 1.93 bits per heavy atom. The van der Waals surface area contributed by atoms with Crippen molar-refractivity contribution in [1.29, 1.82) is 0 Å². The number of hydrogen-bond acceptors (Lipinski definition) is 7. The van der Waals surface area contributed by atoms with E-state index < -0.39 is 16.8 Å². The van der Waals surface area contributed by atoms with Crippen LogP contribution in [-0.4, -0.2) is 33.7 Å². The Morgan fingerprint density at radius 3 is 2.53 bits per heavy atom. The number of hydrogen-bond donors (Lipinski definition) is 0. The Labute approximate surface area is 180 Å². The van der Waals surface area contributed by atoms with E-state index in [4.69, 9.17) is 4.74 Å². The number of nitrogens with zero attached hydrogens (tertiary/aromatic N) is 3. The quantitative estimate of drug-likeness (QED) is 0.246. The molecule has 1 heterocycles. The van der Waals surface area contributed by atoms with Crippen LogP contribution in [0.2, 0.25) is 0 Å². The largest absolute Gasteiger partial charge is 0.468 e. The number of ether oxygens (including phenoxy) is 1. The molecule has 30 heavy (non-hydrogen) atoms. The van der Waals surface area contributed by atoms with Gasteiger partial charge in [-0.25, -0.2) is 0 Å². The molecular weight excluding hydrogens is 426 g/mol. The molecule has 0 atom stereocenters. The molecule has 3 rings (SSSR count). The zero-order valence-corrected chi connectivity index (χ0v) is 18.2. The Balaban J connectivity index is 2.04. The number of thioether (sulfide) groups is 1. The fourth-order valence-electron chi connectivity index (χ4n) is 2.71. The van der Waals surface area contributed by atoms with Crippen molar-refractivity contribution in [3.05, 3.63) is 62.9 Å². The number of fused-ring (bicyclic) bond motifs is 1. The first-order chi connectivity index (χ1) is 14.3. The van der Waals surface area contributed by atoms with Gasteiger partial charge in [0.05, 0.1) is 22.2 Å². The van der Waals surface area contributed by atoms with Gasteiger partial charge < -0.3 is 9.30 Å². The number of nitro groups is 1. The zero-order chi connectivity index (χ0) is 21.8. The average molecular weight is 446 g/mol. The van der Waals surface area contributed by atoms with E-state index >= 15 is 0 Å². The summed E-state index contributed by atoms with van der Waals surface area (Å²) in [5.74, 6) is -0.979. The highest BCUT2D eigenvalue weighted by atomic mass is 32.2. The molecule has 0 N–H and O–H groups in total. The van der Waals surface area contributed by atoms with Crippen molar-refractivity contribution in [3.8, 4) is 0 Å². The van der Waals surface area contributed by atoms with Crippen LogP contribution in [0.1, 0.15) is 24.2 Å². The zero-order valence-electron chi connectivity index (χ0n) is 16.5. The highest BCUT2D eigenvalue weighted by Crippen LogP contribution is 2.24. The van der Waals surface area contributed by atoms with Crippen molar-refractivity contribution in [1.82, 2.24) is 4.57 Å². The third-order valence-corrected chi connectivity index (χ3v) is 6.12. The summed E-state index contributed by atoms with van der Waals surface area (Å²) in [4.78, 5) is 40.6. The van der Waals surface area contributed by atoms with Gasteiger partial charge in [-0.3, -0.25) is 19.7 Å². The van der Waals surface area contributed by atoms with Crippen LogP contribution in [0.5, 0.6) is 0 Å². The fourth-order valence-corrected chi connectivity index (χ4v) is 4.61. The summed E-state index contributed by atoms with van der Waals surface area (Å²) in [7, 11) is 1.26. The minimum atomic E-state index is -0.517. The van der Waals surface area contributed by atoms with Gasteiger partial charge in [-0.1, -0.05) is 25.2 Å². The van der Waals surface area contributed by atoms with Crippen LogP contribution in [0, 0.1) is 10.1 Å². The molecule has 0 aliphatic heterocycles. The molecule has 0 saturated heterocycles. The molecular formula is C20H19N3O5S2. The smallest absolute Gasteiger partial charge is 0.325 e. The van der Waals surface area contributed by atoms with Crippen LogP contribution in [0.25, 0.3) is 10.2 Å². The molecule has 2 aromatic carbocycles. The topological polar surface area (TPSA) is 104 Å². The minimum absolute atomic E-state index is 0.0786. The minimum Gasteiger partial charge on any atom is -0.468 e. The number of methoxy groups -OCH3 is 1. The van der Waals surface area contributed by atoms with Crippen molar-refractivity contribution in [2.24, 2.45) is 4.99 Å². The van der Waals surface area contributed by atoms with Gasteiger partial charge in [-0.15, -0.1) is 11.8 Å². The van der Waals surface area contributed by atoms with E-state index in [0.29, 0.717) is 21.0 Å². The van der Waals surface area contributed by atoms with Gasteiger partial charge in [-0.2, -0.15) is 4.99 Å². The Kier molecular flexibility index (Phi) is 6.68. The van der Waals surface area contributed by atoms with Crippen LogP contribution in [0.4, 0.5) is 5.69 Å². The third kappa shape index (κ3) is 4.95. The van der Waals surface area contributed by atoms with Crippen LogP contribution in [0.15, 0.2) is 52.4 Å².